The van der Waals surface area contributed by atoms with E-state index in [-0.39, 0.29) is 25.2 Å². The maximum absolute atomic E-state index is 16.7. The normalized spacial score (nSPS) is 13.2. The highest BCUT2D eigenvalue weighted by molar-refractivity contribution is 6.02. The molecule has 0 saturated heterocycles. The van der Waals surface area contributed by atoms with Crippen molar-refractivity contribution in [1.82, 2.24) is 4.98 Å². The number of esters is 2. The Morgan fingerprint density at radius 2 is 1.68 bits per heavy atom. The van der Waals surface area contributed by atoms with Crippen molar-refractivity contribution in [2.24, 2.45) is 5.41 Å². The lowest BCUT2D eigenvalue weighted by molar-refractivity contribution is -0.183. The van der Waals surface area contributed by atoms with E-state index < -0.39 is 23.0 Å². The van der Waals surface area contributed by atoms with Crippen molar-refractivity contribution in [1.29, 1.82) is 0 Å². The van der Waals surface area contributed by atoms with Crippen LogP contribution in [0.2, 0.25) is 0 Å². The molecule has 0 aliphatic rings. The van der Waals surface area contributed by atoms with Crippen molar-refractivity contribution in [3.8, 4) is 0 Å². The Labute approximate surface area is 164 Å². The van der Waals surface area contributed by atoms with Gasteiger partial charge in [-0.2, -0.15) is 0 Å². The molecule has 0 amide bonds. The topological polar surface area (TPSA) is 65.5 Å². The second-order valence-corrected chi connectivity index (χ2v) is 6.17. The average molecular weight is 385 g/mol. The number of benzene rings is 1. The molecule has 0 fully saturated rings. The number of rotatable bonds is 9. The van der Waals surface area contributed by atoms with Crippen LogP contribution in [0.5, 0.6) is 0 Å². The smallest absolute Gasteiger partial charge is 0.327 e. The van der Waals surface area contributed by atoms with Gasteiger partial charge in [-0.3, -0.25) is 14.6 Å². The van der Waals surface area contributed by atoms with E-state index in [9.17, 15) is 9.59 Å². The SMILES string of the molecule is C=C[C@](F)(c1ccccc1)C(Cc1cccnc1)(C(=O)OCC)C(=O)OCC. The molecule has 28 heavy (non-hydrogen) atoms. The Bertz CT molecular complexity index is 792. The zero-order valence-electron chi connectivity index (χ0n) is 16.1. The number of halogens is 1. The van der Waals surface area contributed by atoms with Gasteiger partial charge in [0.2, 0.25) is 5.41 Å². The van der Waals surface area contributed by atoms with Crippen LogP contribution in [0.4, 0.5) is 4.39 Å². The molecule has 148 valence electrons. The number of nitrogens with zero attached hydrogens (tertiary/aromatic N) is 1. The quantitative estimate of drug-likeness (QED) is 0.373. The van der Waals surface area contributed by atoms with E-state index in [1.54, 1.807) is 50.4 Å². The lowest BCUT2D eigenvalue weighted by Gasteiger charge is -2.39. The first-order valence-electron chi connectivity index (χ1n) is 9.07. The van der Waals surface area contributed by atoms with Gasteiger partial charge in [-0.05, 0) is 37.1 Å². The number of hydrogen-bond donors (Lipinski definition) is 0. The number of ether oxygens (including phenoxy) is 2. The highest BCUT2D eigenvalue weighted by Crippen LogP contribution is 2.49. The molecule has 2 aromatic rings. The molecule has 1 aromatic carbocycles. The minimum absolute atomic E-state index is 0.0188. The Balaban J connectivity index is 2.78. The van der Waals surface area contributed by atoms with Gasteiger partial charge in [-0.15, -0.1) is 0 Å². The van der Waals surface area contributed by atoms with Crippen LogP contribution in [0.15, 0.2) is 67.5 Å². The van der Waals surface area contributed by atoms with Crippen molar-refractivity contribution < 1.29 is 23.5 Å². The third-order valence-corrected chi connectivity index (χ3v) is 4.54. The molecular weight excluding hydrogens is 361 g/mol. The lowest BCUT2D eigenvalue weighted by Crippen LogP contribution is -2.56. The minimum Gasteiger partial charge on any atom is -0.465 e. The largest absolute Gasteiger partial charge is 0.465 e. The van der Waals surface area contributed by atoms with E-state index >= 15 is 4.39 Å². The fourth-order valence-corrected chi connectivity index (χ4v) is 3.19. The lowest BCUT2D eigenvalue weighted by atomic mass is 9.66. The third kappa shape index (κ3) is 3.81. The van der Waals surface area contributed by atoms with Gasteiger partial charge in [-0.1, -0.05) is 43.0 Å². The molecule has 6 heteroatoms. The second kappa shape index (κ2) is 9.26. The Kier molecular flexibility index (Phi) is 7.04. The Morgan fingerprint density at radius 1 is 1.07 bits per heavy atom. The zero-order chi connectivity index (χ0) is 20.6. The van der Waals surface area contributed by atoms with E-state index in [0.717, 1.165) is 6.08 Å². The molecule has 0 aliphatic carbocycles. The summed E-state index contributed by atoms with van der Waals surface area (Å²) < 4.78 is 27.0. The van der Waals surface area contributed by atoms with Crippen LogP contribution >= 0.6 is 0 Å². The summed E-state index contributed by atoms with van der Waals surface area (Å²) in [5, 5.41) is 0. The molecule has 1 aromatic heterocycles. The molecule has 0 aliphatic heterocycles. The molecule has 1 atom stereocenters. The number of pyridine rings is 1. The average Bonchev–Trinajstić information content (AvgIpc) is 2.73. The van der Waals surface area contributed by atoms with Crippen LogP contribution in [-0.4, -0.2) is 30.1 Å². The summed E-state index contributed by atoms with van der Waals surface area (Å²) in [6.45, 7) is 6.74. The molecule has 2 rings (SSSR count). The number of aromatic nitrogens is 1. The maximum atomic E-state index is 16.7. The van der Waals surface area contributed by atoms with Crippen LogP contribution in [0, 0.1) is 5.41 Å². The molecule has 0 saturated carbocycles. The fraction of sp³-hybridized carbons (Fsp3) is 0.318. The molecular formula is C22H24FNO4. The van der Waals surface area contributed by atoms with E-state index in [1.807, 2.05) is 0 Å². The van der Waals surface area contributed by atoms with Crippen molar-refractivity contribution in [2.75, 3.05) is 13.2 Å². The highest BCUT2D eigenvalue weighted by Gasteiger charge is 2.64. The first-order chi connectivity index (χ1) is 13.5. The maximum Gasteiger partial charge on any atom is 0.327 e. The van der Waals surface area contributed by atoms with Gasteiger partial charge < -0.3 is 9.47 Å². The third-order valence-electron chi connectivity index (χ3n) is 4.54. The second-order valence-electron chi connectivity index (χ2n) is 6.17. The van der Waals surface area contributed by atoms with E-state index in [1.165, 1.54) is 18.3 Å². The van der Waals surface area contributed by atoms with Crippen molar-refractivity contribution in [3.05, 3.63) is 78.6 Å². The van der Waals surface area contributed by atoms with Crippen molar-refractivity contribution in [3.63, 3.8) is 0 Å². The molecule has 0 unspecified atom stereocenters. The summed E-state index contributed by atoms with van der Waals surface area (Å²) in [5.41, 5.74) is -4.29. The molecule has 1 heterocycles. The highest BCUT2D eigenvalue weighted by atomic mass is 19.1. The summed E-state index contributed by atoms with van der Waals surface area (Å²) in [7, 11) is 0. The summed E-state index contributed by atoms with van der Waals surface area (Å²) >= 11 is 0. The van der Waals surface area contributed by atoms with Gasteiger partial charge in [0.1, 0.15) is 0 Å². The van der Waals surface area contributed by atoms with E-state index in [0.29, 0.717) is 5.56 Å². The number of allylic oxidation sites excluding steroid dienone is 1. The minimum atomic E-state index is -2.57. The first kappa shape index (κ1) is 21.3. The molecule has 0 radical (unpaired) electrons. The summed E-state index contributed by atoms with van der Waals surface area (Å²) in [5.74, 6) is -2.02. The Morgan fingerprint density at radius 3 is 2.14 bits per heavy atom. The predicted octanol–water partition coefficient (Wildman–Crippen LogP) is 3.79. The molecule has 5 nitrogen and oxygen atoms in total. The standard InChI is InChI=1S/C22H24FNO4/c1-4-22(23,18-12-8-7-9-13-18)21(19(25)27-5-2,20(26)28-6-3)15-17-11-10-14-24-16-17/h4,7-14,16H,1,5-6,15H2,2-3H3/t22-/m0/s1. The molecule has 0 bridgehead atoms. The fourth-order valence-electron chi connectivity index (χ4n) is 3.19. The predicted molar refractivity (Wildman–Crippen MR) is 103 cm³/mol. The van der Waals surface area contributed by atoms with Gasteiger partial charge >= 0.3 is 11.9 Å². The number of carbonyl (C=O) groups excluding carboxylic acids is 2. The monoisotopic (exact) mass is 385 g/mol. The van der Waals surface area contributed by atoms with Crippen molar-refractivity contribution in [2.45, 2.75) is 25.9 Å². The number of carbonyl (C=O) groups is 2. The zero-order valence-corrected chi connectivity index (χ0v) is 16.1. The summed E-state index contributed by atoms with van der Waals surface area (Å²) in [6, 6.07) is 11.3. The van der Waals surface area contributed by atoms with E-state index in [2.05, 4.69) is 11.6 Å². The van der Waals surface area contributed by atoms with E-state index in [4.69, 9.17) is 9.47 Å². The van der Waals surface area contributed by atoms with Gasteiger partial charge in [0.25, 0.3) is 0 Å². The molecule has 0 spiro atoms. The van der Waals surface area contributed by atoms with Crippen LogP contribution in [0.25, 0.3) is 0 Å². The Hall–Kier alpha value is -3.02. The first-order valence-corrected chi connectivity index (χ1v) is 9.07. The van der Waals surface area contributed by atoms with Crippen LogP contribution in [0.1, 0.15) is 25.0 Å². The van der Waals surface area contributed by atoms with Gasteiger partial charge in [0.05, 0.1) is 13.2 Å². The summed E-state index contributed by atoms with van der Waals surface area (Å²) in [4.78, 5) is 30.3. The van der Waals surface area contributed by atoms with Crippen LogP contribution < -0.4 is 0 Å². The van der Waals surface area contributed by atoms with Gasteiger partial charge in [0.15, 0.2) is 5.67 Å². The van der Waals surface area contributed by atoms with Crippen LogP contribution in [0.3, 0.4) is 0 Å². The molecule has 0 N–H and O–H groups in total. The summed E-state index contributed by atoms with van der Waals surface area (Å²) in [6.07, 6.45) is 3.69. The number of hydrogen-bond acceptors (Lipinski definition) is 5. The van der Waals surface area contributed by atoms with Crippen LogP contribution in [-0.2, 0) is 31.2 Å². The number of alkyl halides is 1. The van der Waals surface area contributed by atoms with Gasteiger partial charge in [0, 0.05) is 18.8 Å². The van der Waals surface area contributed by atoms with Gasteiger partial charge in [-0.25, -0.2) is 4.39 Å². The van der Waals surface area contributed by atoms with Crippen molar-refractivity contribution >= 4 is 11.9 Å².